The molecule has 0 N–H and O–H groups in total. The van der Waals surface area contributed by atoms with E-state index in [1.54, 1.807) is 0 Å². The molecule has 0 unspecified atom stereocenters. The van der Waals surface area contributed by atoms with Crippen molar-refractivity contribution in [1.82, 2.24) is 4.90 Å². The van der Waals surface area contributed by atoms with Crippen molar-refractivity contribution in [1.29, 1.82) is 0 Å². The predicted molar refractivity (Wildman–Crippen MR) is 64.9 cm³/mol. The SMILES string of the molecule is CCC1CCN(COC(C)(C)CC)CC1. The van der Waals surface area contributed by atoms with Crippen LogP contribution < -0.4 is 0 Å². The maximum absolute atomic E-state index is 5.91. The van der Waals surface area contributed by atoms with Crippen LogP contribution in [0.5, 0.6) is 0 Å². The summed E-state index contributed by atoms with van der Waals surface area (Å²) in [6.07, 6.45) is 5.13. The highest BCUT2D eigenvalue weighted by Crippen LogP contribution is 2.21. The first-order valence-corrected chi connectivity index (χ1v) is 6.43. The predicted octanol–water partition coefficient (Wildman–Crippen LogP) is 3.27. The van der Waals surface area contributed by atoms with E-state index in [1.807, 2.05) is 0 Å². The minimum Gasteiger partial charge on any atom is -0.360 e. The molecule has 0 bridgehead atoms. The molecule has 1 heterocycles. The monoisotopic (exact) mass is 213 g/mol. The Morgan fingerprint density at radius 3 is 2.27 bits per heavy atom. The highest BCUT2D eigenvalue weighted by atomic mass is 16.5. The van der Waals surface area contributed by atoms with Gasteiger partial charge in [0.25, 0.3) is 0 Å². The van der Waals surface area contributed by atoms with E-state index in [0.29, 0.717) is 0 Å². The molecular formula is C13H27NO. The van der Waals surface area contributed by atoms with Crippen LogP contribution in [0.2, 0.25) is 0 Å². The number of likely N-dealkylation sites (tertiary alicyclic amines) is 1. The van der Waals surface area contributed by atoms with Crippen LogP contribution in [0.1, 0.15) is 53.4 Å². The third kappa shape index (κ3) is 4.52. The van der Waals surface area contributed by atoms with Crippen molar-refractivity contribution in [2.24, 2.45) is 5.92 Å². The number of piperidine rings is 1. The average Bonchev–Trinajstić information content (AvgIpc) is 2.27. The zero-order valence-corrected chi connectivity index (χ0v) is 10.9. The Kier molecular flexibility index (Phi) is 5.07. The van der Waals surface area contributed by atoms with Gasteiger partial charge in [0.2, 0.25) is 0 Å². The van der Waals surface area contributed by atoms with E-state index in [4.69, 9.17) is 4.74 Å². The Morgan fingerprint density at radius 2 is 1.80 bits per heavy atom. The van der Waals surface area contributed by atoms with Gasteiger partial charge in [0.1, 0.15) is 0 Å². The van der Waals surface area contributed by atoms with Crippen LogP contribution in [0.25, 0.3) is 0 Å². The Balaban J connectivity index is 2.19. The topological polar surface area (TPSA) is 12.5 Å². The Morgan fingerprint density at radius 1 is 1.20 bits per heavy atom. The lowest BCUT2D eigenvalue weighted by atomic mass is 9.95. The van der Waals surface area contributed by atoms with Gasteiger partial charge in [-0.3, -0.25) is 4.90 Å². The van der Waals surface area contributed by atoms with Gasteiger partial charge in [0.05, 0.1) is 12.3 Å². The Bertz CT molecular complexity index is 171. The fourth-order valence-electron chi connectivity index (χ4n) is 1.89. The van der Waals surface area contributed by atoms with Gasteiger partial charge in [-0.15, -0.1) is 0 Å². The lowest BCUT2D eigenvalue weighted by Gasteiger charge is -2.34. The van der Waals surface area contributed by atoms with Crippen molar-refractivity contribution < 1.29 is 4.74 Å². The molecule has 1 rings (SSSR count). The van der Waals surface area contributed by atoms with Gasteiger partial charge >= 0.3 is 0 Å². The summed E-state index contributed by atoms with van der Waals surface area (Å²) in [6.45, 7) is 12.1. The van der Waals surface area contributed by atoms with Crippen molar-refractivity contribution >= 4 is 0 Å². The van der Waals surface area contributed by atoms with Crippen LogP contribution in [0.4, 0.5) is 0 Å². The number of nitrogens with zero attached hydrogens (tertiary/aromatic N) is 1. The molecule has 0 aromatic rings. The lowest BCUT2D eigenvalue weighted by molar-refractivity contribution is -0.0824. The summed E-state index contributed by atoms with van der Waals surface area (Å²) in [4.78, 5) is 2.45. The zero-order chi connectivity index (χ0) is 11.3. The molecule has 1 aliphatic heterocycles. The van der Waals surface area contributed by atoms with Gasteiger partial charge in [-0.2, -0.15) is 0 Å². The van der Waals surface area contributed by atoms with Crippen molar-refractivity contribution in [3.63, 3.8) is 0 Å². The minimum atomic E-state index is 0.0433. The second kappa shape index (κ2) is 5.86. The first-order chi connectivity index (χ1) is 7.07. The molecule has 1 saturated heterocycles. The van der Waals surface area contributed by atoms with Crippen LogP contribution >= 0.6 is 0 Å². The zero-order valence-electron chi connectivity index (χ0n) is 10.9. The van der Waals surface area contributed by atoms with Gasteiger partial charge in [-0.25, -0.2) is 0 Å². The molecule has 0 aromatic heterocycles. The summed E-state index contributed by atoms with van der Waals surface area (Å²) >= 11 is 0. The molecule has 2 heteroatoms. The van der Waals surface area contributed by atoms with Gasteiger partial charge in [-0.1, -0.05) is 20.3 Å². The first-order valence-electron chi connectivity index (χ1n) is 6.43. The summed E-state index contributed by atoms with van der Waals surface area (Å²) in [5.41, 5.74) is 0.0433. The molecule has 2 nitrogen and oxygen atoms in total. The van der Waals surface area contributed by atoms with E-state index in [0.717, 1.165) is 19.1 Å². The van der Waals surface area contributed by atoms with E-state index in [2.05, 4.69) is 32.6 Å². The van der Waals surface area contributed by atoms with Crippen molar-refractivity contribution in [2.75, 3.05) is 19.8 Å². The van der Waals surface area contributed by atoms with Gasteiger partial charge < -0.3 is 4.74 Å². The van der Waals surface area contributed by atoms with Gasteiger partial charge in [0, 0.05) is 13.1 Å². The molecule has 0 aromatic carbocycles. The summed E-state index contributed by atoms with van der Waals surface area (Å²) in [6, 6.07) is 0. The lowest BCUT2D eigenvalue weighted by Crippen LogP contribution is -2.38. The van der Waals surface area contributed by atoms with E-state index in [1.165, 1.54) is 32.4 Å². The normalized spacial score (nSPS) is 20.8. The van der Waals surface area contributed by atoms with E-state index in [9.17, 15) is 0 Å². The van der Waals surface area contributed by atoms with Crippen molar-refractivity contribution in [2.45, 2.75) is 59.0 Å². The van der Waals surface area contributed by atoms with Crippen molar-refractivity contribution in [3.8, 4) is 0 Å². The van der Waals surface area contributed by atoms with E-state index >= 15 is 0 Å². The molecular weight excluding hydrogens is 186 g/mol. The summed E-state index contributed by atoms with van der Waals surface area (Å²) in [7, 11) is 0. The maximum atomic E-state index is 5.91. The van der Waals surface area contributed by atoms with Gasteiger partial charge in [-0.05, 0) is 39.0 Å². The van der Waals surface area contributed by atoms with Crippen LogP contribution in [0.3, 0.4) is 0 Å². The maximum Gasteiger partial charge on any atom is 0.0997 e. The molecule has 1 aliphatic rings. The van der Waals surface area contributed by atoms with Crippen LogP contribution in [-0.4, -0.2) is 30.3 Å². The highest BCUT2D eigenvalue weighted by molar-refractivity contribution is 4.71. The Hall–Kier alpha value is -0.0800. The first kappa shape index (κ1) is 13.0. The standard InChI is InChI=1S/C13H27NO/c1-5-12-7-9-14(10-8-12)11-15-13(3,4)6-2/h12H,5-11H2,1-4H3. The molecule has 0 aliphatic carbocycles. The molecule has 0 amide bonds. The highest BCUT2D eigenvalue weighted by Gasteiger charge is 2.21. The van der Waals surface area contributed by atoms with Crippen molar-refractivity contribution in [3.05, 3.63) is 0 Å². The average molecular weight is 213 g/mol. The minimum absolute atomic E-state index is 0.0433. The molecule has 90 valence electrons. The third-order valence-corrected chi connectivity index (χ3v) is 3.77. The summed E-state index contributed by atoms with van der Waals surface area (Å²) in [5, 5.41) is 0. The fourth-order valence-corrected chi connectivity index (χ4v) is 1.89. The van der Waals surface area contributed by atoms with Crippen LogP contribution in [0.15, 0.2) is 0 Å². The third-order valence-electron chi connectivity index (χ3n) is 3.77. The molecule has 0 spiro atoms. The molecule has 0 saturated carbocycles. The molecule has 0 radical (unpaired) electrons. The van der Waals surface area contributed by atoms with Crippen LogP contribution in [0, 0.1) is 5.92 Å². The molecule has 15 heavy (non-hydrogen) atoms. The second-order valence-corrected chi connectivity index (χ2v) is 5.36. The van der Waals surface area contributed by atoms with E-state index in [-0.39, 0.29) is 5.60 Å². The summed E-state index contributed by atoms with van der Waals surface area (Å²) in [5.74, 6) is 0.959. The summed E-state index contributed by atoms with van der Waals surface area (Å²) < 4.78 is 5.91. The number of hydrogen-bond acceptors (Lipinski definition) is 2. The van der Waals surface area contributed by atoms with E-state index < -0.39 is 0 Å². The fraction of sp³-hybridized carbons (Fsp3) is 1.00. The van der Waals surface area contributed by atoms with Gasteiger partial charge in [0.15, 0.2) is 0 Å². The Labute approximate surface area is 95.0 Å². The smallest absolute Gasteiger partial charge is 0.0997 e. The largest absolute Gasteiger partial charge is 0.360 e. The molecule has 0 atom stereocenters. The quantitative estimate of drug-likeness (QED) is 0.695. The van der Waals surface area contributed by atoms with Crippen LogP contribution in [-0.2, 0) is 4.74 Å². The number of ether oxygens (including phenoxy) is 1. The number of hydrogen-bond donors (Lipinski definition) is 0. The molecule has 1 fully saturated rings. The second-order valence-electron chi connectivity index (χ2n) is 5.36. The number of rotatable bonds is 5.